The summed E-state index contributed by atoms with van der Waals surface area (Å²) < 4.78 is 0. The highest BCUT2D eigenvalue weighted by molar-refractivity contribution is 8.00. The van der Waals surface area contributed by atoms with E-state index in [2.05, 4.69) is 10.6 Å². The second-order valence-electron chi connectivity index (χ2n) is 5.61. The zero-order chi connectivity index (χ0) is 16.2. The average Bonchev–Trinajstić information content (AvgIpc) is 2.54. The molecule has 4 nitrogen and oxygen atoms in total. The van der Waals surface area contributed by atoms with Crippen LogP contribution in [-0.4, -0.2) is 17.6 Å². The topological polar surface area (TPSA) is 58.2 Å². The monoisotopic (exact) mass is 326 g/mol. The van der Waals surface area contributed by atoms with Crippen molar-refractivity contribution in [2.75, 3.05) is 11.1 Å². The van der Waals surface area contributed by atoms with Gasteiger partial charge in [0, 0.05) is 11.4 Å². The van der Waals surface area contributed by atoms with Gasteiger partial charge < -0.3 is 10.6 Å². The van der Waals surface area contributed by atoms with Gasteiger partial charge >= 0.3 is 0 Å². The van der Waals surface area contributed by atoms with Gasteiger partial charge in [-0.05, 0) is 30.2 Å². The summed E-state index contributed by atoms with van der Waals surface area (Å²) in [5.74, 6) is 0.424. The summed E-state index contributed by atoms with van der Waals surface area (Å²) in [6.45, 7) is 2.56. The van der Waals surface area contributed by atoms with Gasteiger partial charge in [0.05, 0.1) is 17.9 Å². The van der Waals surface area contributed by atoms with Crippen LogP contribution in [0.1, 0.15) is 16.7 Å². The Kier molecular flexibility index (Phi) is 4.67. The van der Waals surface area contributed by atoms with Crippen molar-refractivity contribution < 1.29 is 9.59 Å². The number of thioether (sulfide) groups is 1. The van der Waals surface area contributed by atoms with Crippen LogP contribution < -0.4 is 10.6 Å². The van der Waals surface area contributed by atoms with E-state index in [0.717, 1.165) is 21.7 Å². The summed E-state index contributed by atoms with van der Waals surface area (Å²) in [6, 6.07) is 13.9. The lowest BCUT2D eigenvalue weighted by molar-refractivity contribution is -0.120. The van der Waals surface area contributed by atoms with Gasteiger partial charge in [0.2, 0.25) is 11.8 Å². The molecule has 0 bridgehead atoms. The molecule has 2 aromatic carbocycles. The highest BCUT2D eigenvalue weighted by Gasteiger charge is 2.16. The van der Waals surface area contributed by atoms with Crippen LogP contribution in [0.4, 0.5) is 5.69 Å². The Labute approximate surface area is 139 Å². The number of benzene rings is 2. The molecule has 0 aromatic heterocycles. The van der Waals surface area contributed by atoms with Crippen LogP contribution in [0.15, 0.2) is 47.4 Å². The standard InChI is InChI=1S/C18H18N2O2S/c1-12-2-4-13(5-3-12)10-19-17(21)9-14-6-7-16-15(8-14)20-18(22)11-23-16/h2-8H,9-11H2,1H3,(H,19,21)(H,20,22). The van der Waals surface area contributed by atoms with Crippen LogP contribution in [0.3, 0.4) is 0 Å². The number of anilines is 1. The van der Waals surface area contributed by atoms with E-state index >= 15 is 0 Å². The molecule has 1 heterocycles. The second kappa shape index (κ2) is 6.87. The predicted octanol–water partition coefficient (Wildman–Crippen LogP) is 2.90. The molecular weight excluding hydrogens is 308 g/mol. The Bertz CT molecular complexity index is 741. The minimum atomic E-state index is -0.0275. The maximum absolute atomic E-state index is 12.1. The number of aryl methyl sites for hydroxylation is 1. The van der Waals surface area contributed by atoms with Crippen molar-refractivity contribution in [2.45, 2.75) is 24.8 Å². The number of hydrogen-bond donors (Lipinski definition) is 2. The van der Waals surface area contributed by atoms with Crippen molar-refractivity contribution in [1.82, 2.24) is 5.32 Å². The summed E-state index contributed by atoms with van der Waals surface area (Å²) in [7, 11) is 0. The molecule has 0 unspecified atom stereocenters. The number of nitrogens with one attached hydrogen (secondary N) is 2. The summed E-state index contributed by atoms with van der Waals surface area (Å²) in [5.41, 5.74) is 3.98. The van der Waals surface area contributed by atoms with Crippen LogP contribution in [0, 0.1) is 6.92 Å². The molecule has 2 N–H and O–H groups in total. The van der Waals surface area contributed by atoms with Gasteiger partial charge in [0.1, 0.15) is 0 Å². The second-order valence-corrected chi connectivity index (χ2v) is 6.62. The summed E-state index contributed by atoms with van der Waals surface area (Å²) >= 11 is 1.52. The molecule has 0 radical (unpaired) electrons. The van der Waals surface area contributed by atoms with E-state index in [-0.39, 0.29) is 11.8 Å². The first-order valence-corrected chi connectivity index (χ1v) is 8.46. The quantitative estimate of drug-likeness (QED) is 0.908. The fourth-order valence-corrected chi connectivity index (χ4v) is 3.18. The van der Waals surface area contributed by atoms with E-state index in [4.69, 9.17) is 0 Å². The molecule has 0 saturated heterocycles. The SMILES string of the molecule is Cc1ccc(CNC(=O)Cc2ccc3c(c2)NC(=O)CS3)cc1. The molecule has 1 aliphatic rings. The number of carbonyl (C=O) groups excluding carboxylic acids is 2. The van der Waals surface area contributed by atoms with Gasteiger partial charge in [-0.25, -0.2) is 0 Å². The zero-order valence-corrected chi connectivity index (χ0v) is 13.7. The Morgan fingerprint density at radius 1 is 1.17 bits per heavy atom. The lowest BCUT2D eigenvalue weighted by Gasteiger charge is -2.17. The molecule has 118 valence electrons. The summed E-state index contributed by atoms with van der Waals surface area (Å²) in [6.07, 6.45) is 0.305. The summed E-state index contributed by atoms with van der Waals surface area (Å²) in [5, 5.41) is 5.77. The maximum atomic E-state index is 12.1. The normalized spacial score (nSPS) is 13.2. The molecule has 0 atom stereocenters. The summed E-state index contributed by atoms with van der Waals surface area (Å²) in [4.78, 5) is 24.6. The molecular formula is C18H18N2O2S. The largest absolute Gasteiger partial charge is 0.352 e. The average molecular weight is 326 g/mol. The smallest absolute Gasteiger partial charge is 0.234 e. The Morgan fingerprint density at radius 3 is 2.70 bits per heavy atom. The van der Waals surface area contributed by atoms with Crippen molar-refractivity contribution in [3.05, 3.63) is 59.2 Å². The molecule has 3 rings (SSSR count). The lowest BCUT2D eigenvalue weighted by atomic mass is 10.1. The molecule has 0 fully saturated rings. The van der Waals surface area contributed by atoms with E-state index in [0.29, 0.717) is 18.7 Å². The number of rotatable bonds is 4. The van der Waals surface area contributed by atoms with Gasteiger partial charge in [-0.15, -0.1) is 11.8 Å². The fraction of sp³-hybridized carbons (Fsp3) is 0.222. The molecule has 0 saturated carbocycles. The molecule has 23 heavy (non-hydrogen) atoms. The van der Waals surface area contributed by atoms with Gasteiger partial charge in [-0.1, -0.05) is 35.9 Å². The van der Waals surface area contributed by atoms with Crippen LogP contribution in [0.5, 0.6) is 0 Å². The third kappa shape index (κ3) is 4.13. The molecule has 2 aromatic rings. The number of fused-ring (bicyclic) bond motifs is 1. The third-order valence-corrected chi connectivity index (χ3v) is 4.73. The molecule has 2 amide bonds. The number of hydrogen-bond acceptors (Lipinski definition) is 3. The Hall–Kier alpha value is -2.27. The minimum Gasteiger partial charge on any atom is -0.352 e. The van der Waals surface area contributed by atoms with E-state index in [1.807, 2.05) is 49.4 Å². The lowest BCUT2D eigenvalue weighted by Crippen LogP contribution is -2.25. The van der Waals surface area contributed by atoms with Gasteiger partial charge in [-0.2, -0.15) is 0 Å². The van der Waals surface area contributed by atoms with Gasteiger partial charge in [0.25, 0.3) is 0 Å². The first kappa shape index (κ1) is 15.6. The number of carbonyl (C=O) groups is 2. The van der Waals surface area contributed by atoms with Crippen molar-refractivity contribution in [2.24, 2.45) is 0 Å². The van der Waals surface area contributed by atoms with E-state index in [1.165, 1.54) is 17.3 Å². The van der Waals surface area contributed by atoms with Crippen LogP contribution >= 0.6 is 11.8 Å². The van der Waals surface area contributed by atoms with Crippen molar-refractivity contribution in [1.29, 1.82) is 0 Å². The number of amides is 2. The fourth-order valence-electron chi connectivity index (χ4n) is 2.39. The Morgan fingerprint density at radius 2 is 1.91 bits per heavy atom. The Balaban J connectivity index is 1.58. The van der Waals surface area contributed by atoms with E-state index < -0.39 is 0 Å². The maximum Gasteiger partial charge on any atom is 0.234 e. The molecule has 1 aliphatic heterocycles. The highest BCUT2D eigenvalue weighted by atomic mass is 32.2. The first-order chi connectivity index (χ1) is 11.1. The first-order valence-electron chi connectivity index (χ1n) is 7.48. The third-order valence-electron chi connectivity index (χ3n) is 3.65. The van der Waals surface area contributed by atoms with Crippen LogP contribution in [-0.2, 0) is 22.6 Å². The minimum absolute atomic E-state index is 0.00322. The molecule has 0 spiro atoms. The van der Waals surface area contributed by atoms with Gasteiger partial charge in [-0.3, -0.25) is 9.59 Å². The van der Waals surface area contributed by atoms with Crippen molar-refractivity contribution in [3.63, 3.8) is 0 Å². The van der Waals surface area contributed by atoms with Crippen molar-refractivity contribution >= 4 is 29.3 Å². The van der Waals surface area contributed by atoms with E-state index in [1.54, 1.807) is 0 Å². The van der Waals surface area contributed by atoms with E-state index in [9.17, 15) is 9.59 Å². The molecule has 5 heteroatoms. The van der Waals surface area contributed by atoms with Crippen LogP contribution in [0.25, 0.3) is 0 Å². The predicted molar refractivity (Wildman–Crippen MR) is 92.5 cm³/mol. The molecule has 0 aliphatic carbocycles. The highest BCUT2D eigenvalue weighted by Crippen LogP contribution is 2.32. The van der Waals surface area contributed by atoms with Gasteiger partial charge in [0.15, 0.2) is 0 Å². The van der Waals surface area contributed by atoms with Crippen LogP contribution in [0.2, 0.25) is 0 Å². The zero-order valence-electron chi connectivity index (χ0n) is 12.9. The van der Waals surface area contributed by atoms with Crippen molar-refractivity contribution in [3.8, 4) is 0 Å².